The summed E-state index contributed by atoms with van der Waals surface area (Å²) in [5.74, 6) is 8.44. The van der Waals surface area contributed by atoms with Gasteiger partial charge in [-0.15, -0.1) is 20.4 Å². The van der Waals surface area contributed by atoms with Gasteiger partial charge in [0, 0.05) is 12.6 Å². The second-order valence-electron chi connectivity index (χ2n) is 6.46. The molecule has 144 valence electrons. The fourth-order valence-electron chi connectivity index (χ4n) is 3.27. The predicted octanol–water partition coefficient (Wildman–Crippen LogP) is 1.85. The number of rotatable bonds is 4. The highest BCUT2D eigenvalue weighted by atomic mass is 32.2. The number of nitrogens with zero attached hydrogens (tertiary/aromatic N) is 7. The molecular weight excluding hydrogens is 388 g/mol. The van der Waals surface area contributed by atoms with Crippen molar-refractivity contribution in [1.82, 2.24) is 34.0 Å². The summed E-state index contributed by atoms with van der Waals surface area (Å²) in [4.78, 5) is 12.6. The maximum Gasteiger partial charge on any atom is 0.262 e. The van der Waals surface area contributed by atoms with Gasteiger partial charge in [0.25, 0.3) is 5.56 Å². The van der Waals surface area contributed by atoms with E-state index in [1.165, 1.54) is 21.0 Å². The van der Waals surface area contributed by atoms with Gasteiger partial charge in [0.05, 0.1) is 16.7 Å². The average Bonchev–Trinajstić information content (AvgIpc) is 3.35. The number of thioether (sulfide) groups is 1. The molecule has 29 heavy (non-hydrogen) atoms. The van der Waals surface area contributed by atoms with Gasteiger partial charge in [-0.1, -0.05) is 54.2 Å². The van der Waals surface area contributed by atoms with Crippen LogP contribution in [-0.2, 0) is 12.8 Å². The molecule has 0 saturated heterocycles. The zero-order chi connectivity index (χ0) is 20.0. The van der Waals surface area contributed by atoms with Crippen LogP contribution in [0.5, 0.6) is 0 Å². The summed E-state index contributed by atoms with van der Waals surface area (Å²) in [6.07, 6.45) is 0. The monoisotopic (exact) mass is 404 g/mol. The Morgan fingerprint density at radius 1 is 0.966 bits per heavy atom. The van der Waals surface area contributed by atoms with Crippen LogP contribution < -0.4 is 11.4 Å². The number of benzene rings is 2. The fourth-order valence-corrected chi connectivity index (χ4v) is 4.04. The van der Waals surface area contributed by atoms with Gasteiger partial charge in [-0.25, -0.2) is 4.68 Å². The van der Waals surface area contributed by atoms with Crippen molar-refractivity contribution >= 4 is 28.4 Å². The summed E-state index contributed by atoms with van der Waals surface area (Å²) < 4.78 is 4.86. The number of para-hydroxylation sites is 1. The number of fused-ring (bicyclic) bond motifs is 3. The molecule has 0 aliphatic heterocycles. The van der Waals surface area contributed by atoms with Crippen molar-refractivity contribution < 1.29 is 0 Å². The molecule has 0 amide bonds. The molecular formula is C19H16N8OS. The summed E-state index contributed by atoms with van der Waals surface area (Å²) in [5, 5.41) is 18.1. The zero-order valence-electron chi connectivity index (χ0n) is 15.4. The number of hydrogen-bond donors (Lipinski definition) is 1. The van der Waals surface area contributed by atoms with Gasteiger partial charge in [-0.2, -0.15) is 0 Å². The van der Waals surface area contributed by atoms with Crippen molar-refractivity contribution in [2.24, 2.45) is 7.05 Å². The molecule has 0 atom stereocenters. The highest BCUT2D eigenvalue weighted by Gasteiger charge is 2.17. The van der Waals surface area contributed by atoms with Crippen LogP contribution in [0.2, 0.25) is 0 Å². The molecule has 0 spiro atoms. The van der Waals surface area contributed by atoms with E-state index in [1.54, 1.807) is 13.1 Å². The Kier molecular flexibility index (Phi) is 4.06. The molecule has 2 aromatic carbocycles. The van der Waals surface area contributed by atoms with E-state index in [-0.39, 0.29) is 5.56 Å². The lowest BCUT2D eigenvalue weighted by Gasteiger charge is -2.07. The van der Waals surface area contributed by atoms with E-state index in [1.807, 2.05) is 52.9 Å². The molecule has 5 aromatic rings. The molecule has 10 heteroatoms. The van der Waals surface area contributed by atoms with E-state index in [0.29, 0.717) is 33.7 Å². The molecule has 0 aliphatic carbocycles. The van der Waals surface area contributed by atoms with Gasteiger partial charge in [-0.3, -0.25) is 13.8 Å². The summed E-state index contributed by atoms with van der Waals surface area (Å²) in [5.41, 5.74) is 1.56. The Bertz CT molecular complexity index is 1400. The number of aromatic nitrogens is 7. The minimum Gasteiger partial charge on any atom is -0.335 e. The normalized spacial score (nSPS) is 11.5. The maximum absolute atomic E-state index is 12.6. The largest absolute Gasteiger partial charge is 0.335 e. The van der Waals surface area contributed by atoms with Crippen molar-refractivity contribution in [2.75, 3.05) is 5.84 Å². The van der Waals surface area contributed by atoms with Gasteiger partial charge in [-0.05, 0) is 12.1 Å². The van der Waals surface area contributed by atoms with Crippen molar-refractivity contribution in [2.45, 2.75) is 10.9 Å². The first-order valence-corrected chi connectivity index (χ1v) is 9.84. The molecule has 0 fully saturated rings. The molecule has 9 nitrogen and oxygen atoms in total. The van der Waals surface area contributed by atoms with E-state index in [9.17, 15) is 4.79 Å². The number of nitrogen functional groups attached to an aromatic ring is 1. The van der Waals surface area contributed by atoms with Crippen LogP contribution in [0.15, 0.2) is 64.5 Å². The van der Waals surface area contributed by atoms with E-state index in [0.717, 1.165) is 11.1 Å². The third-order valence-corrected chi connectivity index (χ3v) is 5.66. The van der Waals surface area contributed by atoms with E-state index < -0.39 is 0 Å². The first-order valence-electron chi connectivity index (χ1n) is 8.85. The summed E-state index contributed by atoms with van der Waals surface area (Å²) in [6.45, 7) is 0. The Hall–Kier alpha value is -3.66. The lowest BCUT2D eigenvalue weighted by molar-refractivity contribution is 0.846. The molecule has 0 bridgehead atoms. The fraction of sp³-hybridized carbons (Fsp3) is 0.105. The minimum absolute atomic E-state index is 0.103. The summed E-state index contributed by atoms with van der Waals surface area (Å²) >= 11 is 1.41. The highest BCUT2D eigenvalue weighted by Crippen LogP contribution is 2.24. The Balaban J connectivity index is 1.53. The van der Waals surface area contributed by atoms with Crippen LogP contribution in [0, 0.1) is 0 Å². The van der Waals surface area contributed by atoms with Crippen LogP contribution in [0.3, 0.4) is 0 Å². The van der Waals surface area contributed by atoms with Crippen LogP contribution >= 0.6 is 11.8 Å². The van der Waals surface area contributed by atoms with Crippen molar-refractivity contribution in [1.29, 1.82) is 0 Å². The van der Waals surface area contributed by atoms with Crippen LogP contribution in [0.25, 0.3) is 28.1 Å². The first-order chi connectivity index (χ1) is 14.1. The topological polar surface area (TPSA) is 109 Å². The predicted molar refractivity (Wildman–Crippen MR) is 111 cm³/mol. The number of hydrogen-bond acceptors (Lipinski definition) is 7. The van der Waals surface area contributed by atoms with Crippen molar-refractivity contribution in [3.8, 4) is 11.4 Å². The molecule has 0 radical (unpaired) electrons. The molecule has 0 saturated carbocycles. The SMILES string of the molecule is Cn1c(=O)c2ccccc2n2c(CSc3nnc(-c4ccccc4)n3N)nnc12. The van der Waals surface area contributed by atoms with Crippen LogP contribution in [-0.4, -0.2) is 34.0 Å². The lowest BCUT2D eigenvalue weighted by Crippen LogP contribution is -2.20. The van der Waals surface area contributed by atoms with Crippen molar-refractivity contribution in [3.63, 3.8) is 0 Å². The van der Waals surface area contributed by atoms with Crippen molar-refractivity contribution in [3.05, 3.63) is 70.8 Å². The van der Waals surface area contributed by atoms with Gasteiger partial charge in [0.2, 0.25) is 10.9 Å². The number of nitrogens with two attached hydrogens (primary N) is 1. The Morgan fingerprint density at radius 3 is 2.55 bits per heavy atom. The quantitative estimate of drug-likeness (QED) is 0.360. The smallest absolute Gasteiger partial charge is 0.262 e. The molecule has 3 heterocycles. The molecule has 2 N–H and O–H groups in total. The lowest BCUT2D eigenvalue weighted by atomic mass is 10.2. The average molecular weight is 404 g/mol. The van der Waals surface area contributed by atoms with Gasteiger partial charge in [0.15, 0.2) is 5.82 Å². The third kappa shape index (κ3) is 2.76. The Labute approximate surface area is 168 Å². The highest BCUT2D eigenvalue weighted by molar-refractivity contribution is 7.98. The van der Waals surface area contributed by atoms with Gasteiger partial charge < -0.3 is 5.84 Å². The van der Waals surface area contributed by atoms with E-state index in [2.05, 4.69) is 20.4 Å². The van der Waals surface area contributed by atoms with Gasteiger partial charge >= 0.3 is 0 Å². The minimum atomic E-state index is -0.103. The standard InChI is InChI=1S/C19H16N8OS/c1-25-17(28)13-9-5-6-10-14(13)26-15(21-23-18(25)26)11-29-19-24-22-16(27(19)20)12-7-3-2-4-8-12/h2-10H,11,20H2,1H3. The maximum atomic E-state index is 12.6. The number of aryl methyl sites for hydroxylation is 1. The van der Waals surface area contributed by atoms with E-state index >= 15 is 0 Å². The van der Waals surface area contributed by atoms with Crippen LogP contribution in [0.1, 0.15) is 5.82 Å². The Morgan fingerprint density at radius 2 is 1.72 bits per heavy atom. The van der Waals surface area contributed by atoms with Gasteiger partial charge in [0.1, 0.15) is 5.82 Å². The summed E-state index contributed by atoms with van der Waals surface area (Å²) in [7, 11) is 1.69. The van der Waals surface area contributed by atoms with Crippen LogP contribution in [0.4, 0.5) is 0 Å². The zero-order valence-corrected chi connectivity index (χ0v) is 16.2. The molecule has 0 aliphatic rings. The molecule has 0 unspecified atom stereocenters. The van der Waals surface area contributed by atoms with E-state index in [4.69, 9.17) is 5.84 Å². The first kappa shape index (κ1) is 17.4. The third-order valence-electron chi connectivity index (χ3n) is 4.72. The molecule has 3 aromatic heterocycles. The molecule has 5 rings (SSSR count). The summed E-state index contributed by atoms with van der Waals surface area (Å²) in [6, 6.07) is 17.1. The second-order valence-corrected chi connectivity index (χ2v) is 7.41. The second kappa shape index (κ2) is 6.74.